The second-order valence-corrected chi connectivity index (χ2v) is 4.52. The van der Waals surface area contributed by atoms with Gasteiger partial charge in [0, 0.05) is 16.5 Å². The number of carbonyl (C=O) groups is 3. The maximum absolute atomic E-state index is 11.4. The SMILES string of the molecule is CCOC(=O)/C=C/c1ccc(C(=O)C(=O)O)cc1SC. The largest absolute Gasteiger partial charge is 0.475 e. The van der Waals surface area contributed by atoms with E-state index in [1.807, 2.05) is 0 Å². The zero-order chi connectivity index (χ0) is 15.1. The van der Waals surface area contributed by atoms with Crippen LogP contribution in [0.2, 0.25) is 0 Å². The summed E-state index contributed by atoms with van der Waals surface area (Å²) in [5.41, 5.74) is 0.822. The minimum atomic E-state index is -1.49. The van der Waals surface area contributed by atoms with E-state index in [4.69, 9.17) is 9.84 Å². The van der Waals surface area contributed by atoms with Crippen LogP contribution in [-0.4, -0.2) is 35.7 Å². The van der Waals surface area contributed by atoms with E-state index in [2.05, 4.69) is 0 Å². The van der Waals surface area contributed by atoms with Crippen molar-refractivity contribution >= 4 is 35.6 Å². The first kappa shape index (κ1) is 16.0. The van der Waals surface area contributed by atoms with E-state index in [9.17, 15) is 14.4 Å². The Labute approximate surface area is 120 Å². The number of ether oxygens (including phenoxy) is 1. The van der Waals surface area contributed by atoms with Crippen LogP contribution in [0.3, 0.4) is 0 Å². The van der Waals surface area contributed by atoms with Crippen LogP contribution in [0, 0.1) is 0 Å². The van der Waals surface area contributed by atoms with Gasteiger partial charge in [-0.2, -0.15) is 0 Å². The normalized spacial score (nSPS) is 10.5. The molecule has 0 radical (unpaired) electrons. The lowest BCUT2D eigenvalue weighted by Crippen LogP contribution is -2.12. The molecule has 106 valence electrons. The standard InChI is InChI=1S/C14H14O5S/c1-3-19-12(15)7-6-9-4-5-10(8-11(9)20-2)13(16)14(17)18/h4-8H,3H2,1-2H3,(H,17,18)/b7-6+. The number of rotatable bonds is 6. The van der Waals surface area contributed by atoms with Crippen LogP contribution in [0.25, 0.3) is 6.08 Å². The molecule has 0 bridgehead atoms. The Morgan fingerprint density at radius 3 is 2.60 bits per heavy atom. The highest BCUT2D eigenvalue weighted by molar-refractivity contribution is 7.98. The van der Waals surface area contributed by atoms with Crippen molar-refractivity contribution in [2.24, 2.45) is 0 Å². The van der Waals surface area contributed by atoms with Gasteiger partial charge in [-0.3, -0.25) is 4.79 Å². The number of carbonyl (C=O) groups excluding carboxylic acids is 2. The number of carboxylic acids is 1. The fraction of sp³-hybridized carbons (Fsp3) is 0.214. The zero-order valence-electron chi connectivity index (χ0n) is 11.1. The zero-order valence-corrected chi connectivity index (χ0v) is 11.9. The van der Waals surface area contributed by atoms with Crippen LogP contribution in [0.5, 0.6) is 0 Å². The molecule has 0 unspecified atom stereocenters. The van der Waals surface area contributed by atoms with E-state index >= 15 is 0 Å². The van der Waals surface area contributed by atoms with E-state index in [-0.39, 0.29) is 5.56 Å². The van der Waals surface area contributed by atoms with Crippen molar-refractivity contribution in [1.82, 2.24) is 0 Å². The van der Waals surface area contributed by atoms with Gasteiger partial charge in [-0.25, -0.2) is 9.59 Å². The van der Waals surface area contributed by atoms with Crippen molar-refractivity contribution in [1.29, 1.82) is 0 Å². The molecule has 0 atom stereocenters. The van der Waals surface area contributed by atoms with Gasteiger partial charge in [0.15, 0.2) is 0 Å². The molecule has 0 fully saturated rings. The van der Waals surface area contributed by atoms with Crippen molar-refractivity contribution in [3.63, 3.8) is 0 Å². The van der Waals surface area contributed by atoms with Gasteiger partial charge in [0.05, 0.1) is 6.61 Å². The second-order valence-electron chi connectivity index (χ2n) is 3.68. The Morgan fingerprint density at radius 1 is 1.35 bits per heavy atom. The molecular weight excluding hydrogens is 280 g/mol. The van der Waals surface area contributed by atoms with Crippen LogP contribution >= 0.6 is 11.8 Å². The Hall–Kier alpha value is -2.08. The number of hydrogen-bond donors (Lipinski definition) is 1. The van der Waals surface area contributed by atoms with Gasteiger partial charge < -0.3 is 9.84 Å². The van der Waals surface area contributed by atoms with Crippen molar-refractivity contribution in [2.45, 2.75) is 11.8 Å². The van der Waals surface area contributed by atoms with Crippen LogP contribution in [0.15, 0.2) is 29.2 Å². The van der Waals surface area contributed by atoms with Crippen LogP contribution < -0.4 is 0 Å². The Kier molecular flexibility index (Phi) is 5.99. The van der Waals surface area contributed by atoms with Crippen LogP contribution in [0.1, 0.15) is 22.8 Å². The molecule has 0 heterocycles. The summed E-state index contributed by atoms with van der Waals surface area (Å²) in [5.74, 6) is -2.90. The molecule has 0 saturated carbocycles. The first-order valence-electron chi connectivity index (χ1n) is 5.80. The highest BCUT2D eigenvalue weighted by Gasteiger charge is 2.15. The van der Waals surface area contributed by atoms with Crippen molar-refractivity contribution in [3.8, 4) is 0 Å². The van der Waals surface area contributed by atoms with E-state index in [0.29, 0.717) is 17.1 Å². The predicted molar refractivity (Wildman–Crippen MR) is 75.9 cm³/mol. The molecular formula is C14H14O5S. The molecule has 0 aliphatic heterocycles. The summed E-state index contributed by atoms with van der Waals surface area (Å²) >= 11 is 1.36. The third-order valence-electron chi connectivity index (χ3n) is 2.38. The third kappa shape index (κ3) is 4.24. The molecule has 0 amide bonds. The summed E-state index contributed by atoms with van der Waals surface area (Å²) in [4.78, 5) is 34.0. The predicted octanol–water partition coefficient (Wildman–Crippen LogP) is 2.25. The quantitative estimate of drug-likeness (QED) is 0.285. The summed E-state index contributed by atoms with van der Waals surface area (Å²) in [6, 6.07) is 4.50. The molecule has 0 saturated heterocycles. The van der Waals surface area contributed by atoms with Gasteiger partial charge in [0.1, 0.15) is 0 Å². The Morgan fingerprint density at radius 2 is 2.05 bits per heavy atom. The van der Waals surface area contributed by atoms with Crippen molar-refractivity contribution in [3.05, 3.63) is 35.4 Å². The molecule has 20 heavy (non-hydrogen) atoms. The lowest BCUT2D eigenvalue weighted by atomic mass is 10.1. The second kappa shape index (κ2) is 7.49. The maximum Gasteiger partial charge on any atom is 0.377 e. The van der Waals surface area contributed by atoms with Gasteiger partial charge in [-0.05, 0) is 30.9 Å². The van der Waals surface area contributed by atoms with E-state index in [0.717, 1.165) is 0 Å². The minimum absolute atomic E-state index is 0.107. The van der Waals surface area contributed by atoms with Gasteiger partial charge in [0.25, 0.3) is 5.78 Å². The molecule has 0 spiro atoms. The van der Waals surface area contributed by atoms with Crippen LogP contribution in [0.4, 0.5) is 0 Å². The van der Waals surface area contributed by atoms with Gasteiger partial charge in [-0.15, -0.1) is 11.8 Å². The van der Waals surface area contributed by atoms with Crippen molar-refractivity contribution < 1.29 is 24.2 Å². The first-order chi connectivity index (χ1) is 9.49. The highest BCUT2D eigenvalue weighted by Crippen LogP contribution is 2.23. The molecule has 5 nitrogen and oxygen atoms in total. The molecule has 1 aromatic carbocycles. The number of hydrogen-bond acceptors (Lipinski definition) is 5. The monoisotopic (exact) mass is 294 g/mol. The summed E-state index contributed by atoms with van der Waals surface area (Å²) in [6.45, 7) is 2.01. The number of Topliss-reactive ketones (excluding diaryl/α,β-unsaturated/α-hetero) is 1. The van der Waals surface area contributed by atoms with Gasteiger partial charge in [-0.1, -0.05) is 12.1 Å². The number of aliphatic carboxylic acids is 1. The molecule has 6 heteroatoms. The smallest absolute Gasteiger partial charge is 0.377 e. The van der Waals surface area contributed by atoms with E-state index in [1.165, 1.54) is 30.0 Å². The highest BCUT2D eigenvalue weighted by atomic mass is 32.2. The lowest BCUT2D eigenvalue weighted by Gasteiger charge is -2.05. The topological polar surface area (TPSA) is 80.7 Å². The summed E-state index contributed by atoms with van der Waals surface area (Å²) in [5, 5.41) is 8.67. The van der Waals surface area contributed by atoms with Gasteiger partial charge >= 0.3 is 11.9 Å². The summed E-state index contributed by atoms with van der Waals surface area (Å²) in [7, 11) is 0. The molecule has 1 N–H and O–H groups in total. The minimum Gasteiger partial charge on any atom is -0.475 e. The average Bonchev–Trinajstić information content (AvgIpc) is 2.44. The van der Waals surface area contributed by atoms with Crippen LogP contribution in [-0.2, 0) is 14.3 Å². The number of benzene rings is 1. The first-order valence-corrected chi connectivity index (χ1v) is 7.02. The summed E-state index contributed by atoms with van der Waals surface area (Å²) < 4.78 is 4.77. The summed E-state index contributed by atoms with van der Waals surface area (Å²) in [6.07, 6.45) is 4.65. The fourth-order valence-corrected chi connectivity index (χ4v) is 2.08. The molecule has 1 aromatic rings. The number of esters is 1. The van der Waals surface area contributed by atoms with Gasteiger partial charge in [0.2, 0.25) is 0 Å². The van der Waals surface area contributed by atoms with E-state index < -0.39 is 17.7 Å². The number of carboxylic acid groups (broad SMARTS) is 1. The number of thioether (sulfide) groups is 1. The van der Waals surface area contributed by atoms with E-state index in [1.54, 1.807) is 25.3 Å². The fourth-order valence-electron chi connectivity index (χ4n) is 1.46. The van der Waals surface area contributed by atoms with Crippen molar-refractivity contribution in [2.75, 3.05) is 12.9 Å². The maximum atomic E-state index is 11.4. The lowest BCUT2D eigenvalue weighted by molar-refractivity contribution is -0.137. The Balaban J connectivity index is 3.02. The number of ketones is 1. The molecule has 0 aliphatic rings. The molecule has 0 aliphatic carbocycles. The Bertz CT molecular complexity index is 563. The third-order valence-corrected chi connectivity index (χ3v) is 3.17. The molecule has 0 aromatic heterocycles. The molecule has 1 rings (SSSR count). The average molecular weight is 294 g/mol.